The first-order valence-corrected chi connectivity index (χ1v) is 24.9. The summed E-state index contributed by atoms with van der Waals surface area (Å²) in [6.45, 7) is 11.6. The van der Waals surface area contributed by atoms with Gasteiger partial charge in [0.2, 0.25) is 5.91 Å². The fourth-order valence-electron chi connectivity index (χ4n) is 8.96. The third kappa shape index (κ3) is 12.4. The lowest BCUT2D eigenvalue weighted by Crippen LogP contribution is -2.51. The van der Waals surface area contributed by atoms with Crippen LogP contribution in [-0.4, -0.2) is 106 Å². The van der Waals surface area contributed by atoms with Gasteiger partial charge < -0.3 is 39.8 Å². The molecule has 1 amide bonds. The zero-order valence-electron chi connectivity index (χ0n) is 42.4. The van der Waals surface area contributed by atoms with Crippen molar-refractivity contribution in [3.8, 4) is 17.2 Å². The minimum absolute atomic E-state index is 0.00574. The first-order chi connectivity index (χ1) is 34.9. The molecule has 1 aliphatic carbocycles. The number of carbonyl (C=O) groups excluding carboxylic acids is 3. The lowest BCUT2D eigenvalue weighted by Gasteiger charge is -2.33. The van der Waals surface area contributed by atoms with Crippen molar-refractivity contribution in [2.45, 2.75) is 64.5 Å². The maximum absolute atomic E-state index is 14.3. The summed E-state index contributed by atoms with van der Waals surface area (Å²) in [7, 11) is 0.0597. The molecule has 21 nitrogen and oxygen atoms in total. The topological polar surface area (TPSA) is 280 Å². The highest BCUT2D eigenvalue weighted by atomic mass is 32.2. The van der Waals surface area contributed by atoms with E-state index in [2.05, 4.69) is 20.9 Å². The van der Waals surface area contributed by atoms with Crippen molar-refractivity contribution in [3.63, 3.8) is 0 Å². The second kappa shape index (κ2) is 22.9. The zero-order valence-corrected chi connectivity index (χ0v) is 43.2. The molecule has 0 bridgehead atoms. The molecule has 2 aliphatic rings. The number of non-ortho nitro benzene ring substituents is 1. The van der Waals surface area contributed by atoms with E-state index in [9.17, 15) is 47.6 Å². The first kappa shape index (κ1) is 55.4. The quantitative estimate of drug-likeness (QED) is 0.00888. The molecule has 2 unspecified atom stereocenters. The van der Waals surface area contributed by atoms with Crippen molar-refractivity contribution >= 4 is 50.7 Å². The predicted octanol–water partition coefficient (Wildman–Crippen LogP) is 7.15. The van der Waals surface area contributed by atoms with Crippen molar-refractivity contribution in [3.05, 3.63) is 162 Å². The number of ether oxygens (including phenoxy) is 4. The van der Waals surface area contributed by atoms with E-state index < -0.39 is 66.4 Å². The number of anilines is 1. The number of fused-ring (bicyclic) bond motifs is 1. The summed E-state index contributed by atoms with van der Waals surface area (Å²) in [5.74, 6) is -2.15. The fourth-order valence-corrected chi connectivity index (χ4v) is 9.62. The first-order valence-electron chi connectivity index (χ1n) is 23.3. The SMILES string of the molecule is C/N=C(\C=C1/C(=O)C(/C=C2/N(C)c3ccccc3C2(C)C)=C1NC(CS(=O)(=O)O)C(=O)NCCNCCOc1cc([N+](=O)[O-])c(C(C)OC(=O)Oc2ccc([N+](=O)[O-])cc2)cc1OC)C(C)(C)c1ccccc1C. The fraction of sp³-hybridized carbons (Fsp3) is 0.346. The Labute approximate surface area is 428 Å². The lowest BCUT2D eigenvalue weighted by molar-refractivity contribution is -0.386. The molecule has 4 N–H and O–H groups in total. The van der Waals surface area contributed by atoms with Crippen LogP contribution < -0.4 is 35.1 Å². The summed E-state index contributed by atoms with van der Waals surface area (Å²) in [5.41, 5.74) is 3.94. The van der Waals surface area contributed by atoms with Crippen LogP contribution in [0.1, 0.15) is 63.0 Å². The van der Waals surface area contributed by atoms with Gasteiger partial charge in [-0.3, -0.25) is 39.4 Å². The number of likely N-dealkylation sites (N-methyl/N-ethyl adjacent to an activating group) is 1. The smallest absolute Gasteiger partial charge is 0.493 e. The summed E-state index contributed by atoms with van der Waals surface area (Å²) in [6.07, 6.45) is 0.959. The highest BCUT2D eigenvalue weighted by Crippen LogP contribution is 2.48. The van der Waals surface area contributed by atoms with E-state index in [0.717, 1.165) is 46.3 Å². The van der Waals surface area contributed by atoms with E-state index in [4.69, 9.17) is 18.9 Å². The molecule has 0 spiro atoms. The van der Waals surface area contributed by atoms with Gasteiger partial charge in [0.05, 0.1) is 34.3 Å². The second-order valence-corrected chi connectivity index (χ2v) is 20.0. The number of ketones is 1. The number of nitrogens with zero attached hydrogens (tertiary/aromatic N) is 4. The van der Waals surface area contributed by atoms with Crippen LogP contribution in [0, 0.1) is 27.2 Å². The van der Waals surface area contributed by atoms with E-state index in [1.54, 1.807) is 19.2 Å². The van der Waals surface area contributed by atoms with Crippen LogP contribution in [0.25, 0.3) is 0 Å². The summed E-state index contributed by atoms with van der Waals surface area (Å²) in [4.78, 5) is 69.1. The third-order valence-electron chi connectivity index (χ3n) is 12.8. The van der Waals surface area contributed by atoms with E-state index in [0.29, 0.717) is 5.71 Å². The molecule has 2 atom stereocenters. The Morgan fingerprint density at radius 1 is 0.959 bits per heavy atom. The second-order valence-electron chi connectivity index (χ2n) is 18.5. The number of allylic oxidation sites excluding steroid dienone is 5. The summed E-state index contributed by atoms with van der Waals surface area (Å²) in [6, 6.07) is 21.1. The number of hydrogen-bond donors (Lipinski definition) is 4. The average Bonchev–Trinajstić information content (AvgIpc) is 3.54. The Hall–Kier alpha value is -7.95. The number of aliphatic imine (C=N–C) groups is 1. The van der Waals surface area contributed by atoms with E-state index in [-0.39, 0.29) is 77.4 Å². The molecule has 0 saturated carbocycles. The number of nitro groups is 2. The molecular weight excluding hydrogens is 979 g/mol. The molecule has 22 heteroatoms. The molecule has 1 aliphatic heterocycles. The number of Topliss-reactive ketones (excluding diaryl/α,β-unsaturated/α-hetero) is 1. The summed E-state index contributed by atoms with van der Waals surface area (Å²) in [5, 5.41) is 31.8. The van der Waals surface area contributed by atoms with Gasteiger partial charge in [0.15, 0.2) is 17.3 Å². The lowest BCUT2D eigenvalue weighted by atomic mass is 9.75. The van der Waals surface area contributed by atoms with Gasteiger partial charge in [0.25, 0.3) is 21.5 Å². The molecule has 4 aromatic rings. The molecule has 74 heavy (non-hydrogen) atoms. The Bertz CT molecular complexity index is 3090. The van der Waals surface area contributed by atoms with Gasteiger partial charge >= 0.3 is 6.16 Å². The number of carbonyl (C=O) groups is 3. The van der Waals surface area contributed by atoms with Gasteiger partial charge in [-0.15, -0.1) is 0 Å². The highest BCUT2D eigenvalue weighted by molar-refractivity contribution is 7.85. The van der Waals surface area contributed by atoms with Crippen molar-refractivity contribution in [1.82, 2.24) is 16.0 Å². The van der Waals surface area contributed by atoms with Crippen LogP contribution in [0.3, 0.4) is 0 Å². The number of para-hydroxylation sites is 1. The van der Waals surface area contributed by atoms with Crippen molar-refractivity contribution in [1.29, 1.82) is 0 Å². The highest BCUT2D eigenvalue weighted by Gasteiger charge is 2.43. The number of methoxy groups -OCH3 is 1. The zero-order chi connectivity index (χ0) is 54.3. The molecule has 0 fully saturated rings. The number of nitro benzene ring substituents is 2. The van der Waals surface area contributed by atoms with Crippen molar-refractivity contribution in [2.75, 3.05) is 58.1 Å². The molecule has 392 valence electrons. The van der Waals surface area contributed by atoms with Crippen molar-refractivity contribution in [2.24, 2.45) is 4.99 Å². The van der Waals surface area contributed by atoms with Gasteiger partial charge in [-0.1, -0.05) is 70.2 Å². The van der Waals surface area contributed by atoms with Gasteiger partial charge in [0.1, 0.15) is 30.3 Å². The predicted molar refractivity (Wildman–Crippen MR) is 277 cm³/mol. The summed E-state index contributed by atoms with van der Waals surface area (Å²) >= 11 is 0. The van der Waals surface area contributed by atoms with Crippen LogP contribution in [-0.2, 0) is 35.3 Å². The summed E-state index contributed by atoms with van der Waals surface area (Å²) < 4.78 is 56.6. The van der Waals surface area contributed by atoms with Gasteiger partial charge in [-0.05, 0) is 67.0 Å². The van der Waals surface area contributed by atoms with Gasteiger partial charge in [0, 0.05) is 84.9 Å². The Kier molecular flexibility index (Phi) is 17.1. The van der Waals surface area contributed by atoms with Crippen LogP contribution in [0.4, 0.5) is 21.9 Å². The molecule has 0 radical (unpaired) electrons. The largest absolute Gasteiger partial charge is 0.514 e. The average molecular weight is 1040 g/mol. The minimum Gasteiger partial charge on any atom is -0.493 e. The Morgan fingerprint density at radius 2 is 1.64 bits per heavy atom. The monoisotopic (exact) mass is 1040 g/mol. The van der Waals surface area contributed by atoms with Crippen LogP contribution >= 0.6 is 0 Å². The molecule has 1 heterocycles. The number of amides is 1. The Balaban J connectivity index is 1.14. The molecule has 0 saturated heterocycles. The molecule has 0 aromatic heterocycles. The normalized spacial score (nSPS) is 16.3. The van der Waals surface area contributed by atoms with Crippen LogP contribution in [0.2, 0.25) is 0 Å². The van der Waals surface area contributed by atoms with E-state index in [1.165, 1.54) is 32.2 Å². The van der Waals surface area contributed by atoms with Crippen LogP contribution in [0.15, 0.2) is 125 Å². The maximum atomic E-state index is 14.3. The minimum atomic E-state index is -4.76. The number of nitrogens with one attached hydrogen (secondary N) is 3. The van der Waals surface area contributed by atoms with Gasteiger partial charge in [-0.2, -0.15) is 8.42 Å². The number of aryl methyl sites for hydroxylation is 1. The number of hydrogen-bond acceptors (Lipinski definition) is 17. The van der Waals surface area contributed by atoms with Gasteiger partial charge in [-0.25, -0.2) is 4.79 Å². The number of benzene rings is 4. The van der Waals surface area contributed by atoms with Crippen LogP contribution in [0.5, 0.6) is 17.2 Å². The molecule has 4 aromatic carbocycles. The standard InChI is InChI=1S/C52H59N7O14S/c1-31-14-10-11-15-38(31)51(3,4)45(53-7)27-36-47(37(48(36)60)28-46-52(5,6)39-16-12-13-17-41(39)57(46)8)56-40(30-74(67,68)69)49(61)55-23-22-54-24-25-71-44-29-42(59(65)66)35(26-43(44)70-9)32(2)72-50(62)73-34-20-18-33(19-21-34)58(63)64/h10-21,26-29,32,40,54,56H,22-25,30H2,1-9H3,(H,55,61)(H,67,68,69)/b36-27-,46-28+,53-45+. The third-order valence-corrected chi connectivity index (χ3v) is 13.6. The molecular formula is C52H59N7O14S. The Morgan fingerprint density at radius 3 is 2.26 bits per heavy atom. The van der Waals surface area contributed by atoms with E-state index in [1.807, 2.05) is 95.1 Å². The van der Waals surface area contributed by atoms with Crippen molar-refractivity contribution < 1.29 is 56.1 Å². The maximum Gasteiger partial charge on any atom is 0.514 e. The molecule has 6 rings (SSSR count). The van der Waals surface area contributed by atoms with E-state index >= 15 is 0 Å². The number of rotatable bonds is 22.